The number of nitrogens with zero attached hydrogens (tertiary/aromatic N) is 1. The summed E-state index contributed by atoms with van der Waals surface area (Å²) in [4.78, 5) is 25.3. The van der Waals surface area contributed by atoms with Gasteiger partial charge in [0.1, 0.15) is 24.4 Å². The quantitative estimate of drug-likeness (QED) is 0.522. The van der Waals surface area contributed by atoms with Gasteiger partial charge in [-0.15, -0.1) is 0 Å². The highest BCUT2D eigenvalue weighted by molar-refractivity contribution is 5.24. The summed E-state index contributed by atoms with van der Waals surface area (Å²) in [5, 5.41) is 28.6. The maximum Gasteiger partial charge on any atom is 0.394 e. The van der Waals surface area contributed by atoms with E-state index in [0.717, 1.165) is 7.05 Å². The SMILES string of the molecule is Cn1c(CC(F)(F)F)c([C@@H]2O[C@H](CO)[C@@H](O)[C@H]2O)c(=O)[nH]c1=O. The van der Waals surface area contributed by atoms with Crippen LogP contribution < -0.4 is 11.2 Å². The summed E-state index contributed by atoms with van der Waals surface area (Å²) < 4.78 is 43.9. The van der Waals surface area contributed by atoms with Crippen LogP contribution in [0, 0.1) is 0 Å². The normalized spacial score (nSPS) is 28.3. The lowest BCUT2D eigenvalue weighted by Gasteiger charge is -2.20. The fourth-order valence-corrected chi connectivity index (χ4v) is 2.52. The molecule has 1 aliphatic heterocycles. The Morgan fingerprint density at radius 1 is 1.26 bits per heavy atom. The van der Waals surface area contributed by atoms with E-state index in [4.69, 9.17) is 9.84 Å². The molecule has 0 aliphatic carbocycles. The molecule has 1 aromatic rings. The van der Waals surface area contributed by atoms with E-state index in [2.05, 4.69) is 0 Å². The van der Waals surface area contributed by atoms with Crippen molar-refractivity contribution < 1.29 is 33.2 Å². The highest BCUT2D eigenvalue weighted by Crippen LogP contribution is 2.34. The molecule has 1 aromatic heterocycles. The Balaban J connectivity index is 2.60. The minimum absolute atomic E-state index is 0.596. The summed E-state index contributed by atoms with van der Waals surface area (Å²) in [5.41, 5.74) is -3.49. The molecule has 0 unspecified atom stereocenters. The van der Waals surface area contributed by atoms with Gasteiger partial charge in [0, 0.05) is 12.7 Å². The highest BCUT2D eigenvalue weighted by Gasteiger charge is 2.46. The van der Waals surface area contributed by atoms with Gasteiger partial charge in [-0.1, -0.05) is 0 Å². The first-order valence-electron chi connectivity index (χ1n) is 6.58. The van der Waals surface area contributed by atoms with Crippen molar-refractivity contribution >= 4 is 0 Å². The van der Waals surface area contributed by atoms with Crippen LogP contribution in [0.15, 0.2) is 9.59 Å². The van der Waals surface area contributed by atoms with Crippen LogP contribution in [0.25, 0.3) is 0 Å². The fourth-order valence-electron chi connectivity index (χ4n) is 2.52. The topological polar surface area (TPSA) is 125 Å². The molecule has 0 radical (unpaired) electrons. The number of aromatic nitrogens is 2. The molecule has 2 heterocycles. The number of ether oxygens (including phenoxy) is 1. The summed E-state index contributed by atoms with van der Waals surface area (Å²) >= 11 is 0. The van der Waals surface area contributed by atoms with Crippen molar-refractivity contribution in [1.29, 1.82) is 0 Å². The van der Waals surface area contributed by atoms with E-state index in [-0.39, 0.29) is 0 Å². The monoisotopic (exact) mass is 340 g/mol. The Bertz CT molecular complexity index is 698. The average Bonchev–Trinajstić information content (AvgIpc) is 2.71. The van der Waals surface area contributed by atoms with E-state index in [1.54, 1.807) is 0 Å². The molecule has 0 bridgehead atoms. The van der Waals surface area contributed by atoms with Crippen LogP contribution in [0.4, 0.5) is 13.2 Å². The molecule has 4 atom stereocenters. The number of halogens is 3. The van der Waals surface area contributed by atoms with Crippen molar-refractivity contribution in [2.75, 3.05) is 6.61 Å². The van der Waals surface area contributed by atoms with Crippen LogP contribution >= 0.6 is 0 Å². The molecular weight excluding hydrogens is 325 g/mol. The molecule has 1 aliphatic rings. The number of alkyl halides is 3. The van der Waals surface area contributed by atoms with Crippen LogP contribution in [-0.4, -0.2) is 56.0 Å². The van der Waals surface area contributed by atoms with Gasteiger partial charge in [0.05, 0.1) is 18.6 Å². The maximum absolute atomic E-state index is 12.7. The summed E-state index contributed by atoms with van der Waals surface area (Å²) in [7, 11) is 1.03. The Labute approximate surface area is 126 Å². The first-order valence-corrected chi connectivity index (χ1v) is 6.58. The molecule has 23 heavy (non-hydrogen) atoms. The lowest BCUT2D eigenvalue weighted by Crippen LogP contribution is -2.39. The van der Waals surface area contributed by atoms with Crippen LogP contribution in [0.3, 0.4) is 0 Å². The second kappa shape index (κ2) is 6.07. The molecule has 4 N–H and O–H groups in total. The van der Waals surface area contributed by atoms with E-state index in [0.29, 0.717) is 4.57 Å². The molecule has 130 valence electrons. The number of hydrogen-bond acceptors (Lipinski definition) is 6. The average molecular weight is 340 g/mol. The Morgan fingerprint density at radius 2 is 1.87 bits per heavy atom. The Kier molecular flexibility index (Phi) is 4.66. The third kappa shape index (κ3) is 3.32. The Hall–Kier alpha value is -1.69. The van der Waals surface area contributed by atoms with E-state index in [1.165, 1.54) is 0 Å². The standard InChI is InChI=1S/C12H15F3N2O6/c1-17-4(2-12(13,14)15)6(10(21)16-11(17)22)9-8(20)7(19)5(3-18)23-9/h5,7-9,18-20H,2-3H2,1H3,(H,16,21,22)/t5-,7-,8-,9+/m1/s1. The van der Waals surface area contributed by atoms with Crippen molar-refractivity contribution in [1.82, 2.24) is 9.55 Å². The second-order valence-electron chi connectivity index (χ2n) is 5.23. The number of H-pyrrole nitrogens is 1. The number of hydrogen-bond donors (Lipinski definition) is 4. The first kappa shape index (κ1) is 17.7. The van der Waals surface area contributed by atoms with Crippen molar-refractivity contribution in [2.24, 2.45) is 7.05 Å². The molecular formula is C12H15F3N2O6. The van der Waals surface area contributed by atoms with Crippen LogP contribution in [0.2, 0.25) is 0 Å². The molecule has 0 saturated carbocycles. The minimum Gasteiger partial charge on any atom is -0.394 e. The predicted octanol–water partition coefficient (Wildman–Crippen LogP) is -1.67. The molecule has 2 rings (SSSR count). The number of rotatable bonds is 3. The summed E-state index contributed by atoms with van der Waals surface area (Å²) in [6.07, 6.45) is -12.5. The molecule has 0 amide bonds. The van der Waals surface area contributed by atoms with Gasteiger partial charge in [-0.25, -0.2) is 4.79 Å². The van der Waals surface area contributed by atoms with Gasteiger partial charge in [-0.2, -0.15) is 13.2 Å². The number of aliphatic hydroxyl groups is 3. The predicted molar refractivity (Wildman–Crippen MR) is 68.8 cm³/mol. The van der Waals surface area contributed by atoms with Gasteiger partial charge in [0.25, 0.3) is 5.56 Å². The highest BCUT2D eigenvalue weighted by atomic mass is 19.4. The van der Waals surface area contributed by atoms with Crippen molar-refractivity contribution in [2.45, 2.75) is 37.0 Å². The smallest absolute Gasteiger partial charge is 0.394 e. The molecule has 0 aromatic carbocycles. The molecule has 1 fully saturated rings. The zero-order chi connectivity index (χ0) is 17.5. The van der Waals surface area contributed by atoms with Crippen molar-refractivity contribution in [3.05, 3.63) is 32.1 Å². The van der Waals surface area contributed by atoms with Gasteiger partial charge in [0.2, 0.25) is 0 Å². The first-order chi connectivity index (χ1) is 10.6. The third-order valence-corrected chi connectivity index (χ3v) is 3.68. The molecule has 1 saturated heterocycles. The molecule has 11 heteroatoms. The summed E-state index contributed by atoms with van der Waals surface area (Å²) in [5.74, 6) is 0. The molecule has 8 nitrogen and oxygen atoms in total. The van der Waals surface area contributed by atoms with Crippen molar-refractivity contribution in [3.8, 4) is 0 Å². The lowest BCUT2D eigenvalue weighted by molar-refractivity contribution is -0.129. The van der Waals surface area contributed by atoms with Crippen LogP contribution in [-0.2, 0) is 18.2 Å². The Morgan fingerprint density at radius 3 is 2.35 bits per heavy atom. The number of nitrogens with one attached hydrogen (secondary N) is 1. The van der Waals surface area contributed by atoms with Gasteiger partial charge < -0.3 is 24.6 Å². The lowest BCUT2D eigenvalue weighted by atomic mass is 9.99. The summed E-state index contributed by atoms with van der Waals surface area (Å²) in [6.45, 7) is -0.701. The minimum atomic E-state index is -4.72. The van der Waals surface area contributed by atoms with E-state index < -0.39 is 66.1 Å². The van der Waals surface area contributed by atoms with Crippen molar-refractivity contribution in [3.63, 3.8) is 0 Å². The zero-order valence-electron chi connectivity index (χ0n) is 11.9. The van der Waals surface area contributed by atoms with Gasteiger partial charge in [-0.05, 0) is 0 Å². The summed E-state index contributed by atoms with van der Waals surface area (Å²) in [6, 6.07) is 0. The number of aliphatic hydroxyl groups excluding tert-OH is 3. The second-order valence-corrected chi connectivity index (χ2v) is 5.23. The largest absolute Gasteiger partial charge is 0.394 e. The maximum atomic E-state index is 12.7. The van der Waals surface area contributed by atoms with Gasteiger partial charge in [-0.3, -0.25) is 9.78 Å². The van der Waals surface area contributed by atoms with E-state index in [9.17, 15) is 33.0 Å². The zero-order valence-corrected chi connectivity index (χ0v) is 11.9. The third-order valence-electron chi connectivity index (χ3n) is 3.68. The van der Waals surface area contributed by atoms with E-state index >= 15 is 0 Å². The van der Waals surface area contributed by atoms with E-state index in [1.807, 2.05) is 4.98 Å². The molecule has 0 spiro atoms. The van der Waals surface area contributed by atoms with Crippen LogP contribution in [0.1, 0.15) is 17.4 Å². The van der Waals surface area contributed by atoms with Gasteiger partial charge in [0.15, 0.2) is 0 Å². The van der Waals surface area contributed by atoms with Gasteiger partial charge >= 0.3 is 11.9 Å². The fraction of sp³-hybridized carbons (Fsp3) is 0.667. The van der Waals surface area contributed by atoms with Crippen LogP contribution in [0.5, 0.6) is 0 Å². The number of aromatic amines is 1.